The monoisotopic (exact) mass is 373 g/mol. The number of oxazole rings is 1. The zero-order valence-electron chi connectivity index (χ0n) is 15.8. The summed E-state index contributed by atoms with van der Waals surface area (Å²) in [5.41, 5.74) is 5.23. The molecule has 140 valence electrons. The van der Waals surface area contributed by atoms with E-state index < -0.39 is 6.09 Å². The van der Waals surface area contributed by atoms with E-state index in [4.69, 9.17) is 9.15 Å². The lowest BCUT2D eigenvalue weighted by molar-refractivity contribution is 0.214. The maximum Gasteiger partial charge on any atom is 0.417 e. The molecular formula is C22H19N3O3. The molecule has 2 aromatic carbocycles. The van der Waals surface area contributed by atoms with E-state index in [9.17, 15) is 4.79 Å². The lowest BCUT2D eigenvalue weighted by Crippen LogP contribution is -2.18. The van der Waals surface area contributed by atoms with Crippen LogP contribution in [0.4, 0.5) is 10.5 Å². The molecule has 0 atom stereocenters. The molecule has 0 saturated heterocycles. The summed E-state index contributed by atoms with van der Waals surface area (Å²) in [5, 5.41) is 2.79. The van der Waals surface area contributed by atoms with Crippen LogP contribution >= 0.6 is 0 Å². The van der Waals surface area contributed by atoms with Crippen LogP contribution in [0.25, 0.3) is 22.7 Å². The van der Waals surface area contributed by atoms with Crippen molar-refractivity contribution in [2.75, 3.05) is 5.32 Å². The van der Waals surface area contributed by atoms with Crippen molar-refractivity contribution in [3.05, 3.63) is 71.4 Å². The van der Waals surface area contributed by atoms with Crippen molar-refractivity contribution >= 4 is 23.0 Å². The number of ether oxygens (including phenoxy) is 1. The van der Waals surface area contributed by atoms with Crippen molar-refractivity contribution in [1.82, 2.24) is 9.97 Å². The highest BCUT2D eigenvalue weighted by atomic mass is 16.6. The zero-order chi connectivity index (χ0) is 19.7. The Hall–Kier alpha value is -3.67. The highest BCUT2D eigenvalue weighted by molar-refractivity contribution is 5.92. The van der Waals surface area contributed by atoms with Crippen LogP contribution in [0.2, 0.25) is 0 Å². The number of hydrogen-bond donors (Lipinski definition) is 1. The molecule has 0 aliphatic rings. The summed E-state index contributed by atoms with van der Waals surface area (Å²) in [6.07, 6.45) is 1.08. The van der Waals surface area contributed by atoms with Gasteiger partial charge in [-0.15, -0.1) is 0 Å². The molecule has 1 N–H and O–H groups in total. The van der Waals surface area contributed by atoms with Crippen LogP contribution in [-0.4, -0.2) is 16.1 Å². The zero-order valence-corrected chi connectivity index (χ0v) is 15.8. The van der Waals surface area contributed by atoms with Gasteiger partial charge in [0.25, 0.3) is 0 Å². The summed E-state index contributed by atoms with van der Waals surface area (Å²) in [5.74, 6) is 0.943. The van der Waals surface area contributed by atoms with E-state index in [0.717, 1.165) is 16.7 Å². The topological polar surface area (TPSA) is 77.2 Å². The van der Waals surface area contributed by atoms with E-state index >= 15 is 0 Å². The summed E-state index contributed by atoms with van der Waals surface area (Å²) in [6, 6.07) is 14.8. The molecule has 0 saturated carbocycles. The second-order valence-corrected chi connectivity index (χ2v) is 6.63. The Bertz CT molecular complexity index is 1120. The summed E-state index contributed by atoms with van der Waals surface area (Å²) < 4.78 is 11.4. The lowest BCUT2D eigenvalue weighted by Gasteiger charge is -2.13. The first-order chi connectivity index (χ1) is 13.5. The van der Waals surface area contributed by atoms with Gasteiger partial charge in [0.1, 0.15) is 5.75 Å². The summed E-state index contributed by atoms with van der Waals surface area (Å²) in [7, 11) is 0. The van der Waals surface area contributed by atoms with Gasteiger partial charge in [0.05, 0.1) is 11.3 Å². The van der Waals surface area contributed by atoms with Gasteiger partial charge in [-0.3, -0.25) is 5.32 Å². The second kappa shape index (κ2) is 7.15. The van der Waals surface area contributed by atoms with E-state index in [1.54, 1.807) is 24.4 Å². The SMILES string of the molecule is Cc1cc(C)c(OC(=O)Nc2ccccc2-c2nc3ncccc3o2)c(C)c1. The van der Waals surface area contributed by atoms with E-state index in [2.05, 4.69) is 15.3 Å². The second-order valence-electron chi connectivity index (χ2n) is 6.63. The summed E-state index contributed by atoms with van der Waals surface area (Å²) in [6.45, 7) is 5.85. The van der Waals surface area contributed by atoms with E-state index in [-0.39, 0.29) is 0 Å². The van der Waals surface area contributed by atoms with Crippen LogP contribution in [0.5, 0.6) is 5.75 Å². The van der Waals surface area contributed by atoms with Crippen molar-refractivity contribution in [2.24, 2.45) is 0 Å². The number of nitrogens with zero attached hydrogens (tertiary/aromatic N) is 2. The normalized spacial score (nSPS) is 10.8. The summed E-state index contributed by atoms with van der Waals surface area (Å²) >= 11 is 0. The van der Waals surface area contributed by atoms with Crippen molar-refractivity contribution in [1.29, 1.82) is 0 Å². The average Bonchev–Trinajstić information content (AvgIpc) is 3.09. The molecule has 0 bridgehead atoms. The van der Waals surface area contributed by atoms with Crippen LogP contribution in [-0.2, 0) is 0 Å². The van der Waals surface area contributed by atoms with Crippen LogP contribution in [0, 0.1) is 20.8 Å². The van der Waals surface area contributed by atoms with Gasteiger partial charge in [-0.25, -0.2) is 9.78 Å². The number of aromatic nitrogens is 2. The number of rotatable bonds is 3. The van der Waals surface area contributed by atoms with Gasteiger partial charge in [0, 0.05) is 6.20 Å². The Morgan fingerprint density at radius 2 is 1.79 bits per heavy atom. The van der Waals surface area contributed by atoms with Crippen LogP contribution in [0.1, 0.15) is 16.7 Å². The number of pyridine rings is 1. The Kier molecular flexibility index (Phi) is 4.53. The smallest absolute Gasteiger partial charge is 0.417 e. The fourth-order valence-electron chi connectivity index (χ4n) is 3.22. The predicted molar refractivity (Wildman–Crippen MR) is 108 cm³/mol. The number of amides is 1. The number of hydrogen-bond acceptors (Lipinski definition) is 5. The van der Waals surface area contributed by atoms with Crippen molar-refractivity contribution in [3.63, 3.8) is 0 Å². The lowest BCUT2D eigenvalue weighted by atomic mass is 10.1. The highest BCUT2D eigenvalue weighted by Crippen LogP contribution is 2.30. The van der Waals surface area contributed by atoms with Gasteiger partial charge in [-0.2, -0.15) is 4.98 Å². The van der Waals surface area contributed by atoms with Gasteiger partial charge in [0.15, 0.2) is 11.2 Å². The maximum atomic E-state index is 12.5. The maximum absolute atomic E-state index is 12.5. The minimum absolute atomic E-state index is 0.382. The van der Waals surface area contributed by atoms with Crippen molar-refractivity contribution in [2.45, 2.75) is 20.8 Å². The molecule has 0 unspecified atom stereocenters. The number of carbonyl (C=O) groups excluding carboxylic acids is 1. The predicted octanol–water partition coefficient (Wildman–Crippen LogP) is 5.43. The highest BCUT2D eigenvalue weighted by Gasteiger charge is 2.16. The first-order valence-electron chi connectivity index (χ1n) is 8.89. The number of anilines is 1. The number of nitrogens with one attached hydrogen (secondary N) is 1. The van der Waals surface area contributed by atoms with E-state index in [1.807, 2.05) is 51.1 Å². The van der Waals surface area contributed by atoms with Crippen LogP contribution in [0.3, 0.4) is 0 Å². The Labute approximate surface area is 162 Å². The number of para-hydroxylation sites is 1. The van der Waals surface area contributed by atoms with Crippen LogP contribution in [0.15, 0.2) is 59.1 Å². The quantitative estimate of drug-likeness (QED) is 0.518. The molecule has 2 aromatic heterocycles. The molecule has 0 spiro atoms. The number of fused-ring (bicyclic) bond motifs is 1. The molecule has 0 aliphatic heterocycles. The third kappa shape index (κ3) is 3.44. The molecule has 0 aliphatic carbocycles. The molecule has 6 heteroatoms. The Morgan fingerprint density at radius 1 is 1.04 bits per heavy atom. The molecule has 4 rings (SSSR count). The van der Waals surface area contributed by atoms with Gasteiger partial charge in [-0.1, -0.05) is 29.8 Å². The Morgan fingerprint density at radius 3 is 2.54 bits per heavy atom. The molecule has 0 radical (unpaired) electrons. The average molecular weight is 373 g/mol. The van der Waals surface area contributed by atoms with Gasteiger partial charge in [0.2, 0.25) is 5.89 Å². The van der Waals surface area contributed by atoms with Gasteiger partial charge < -0.3 is 9.15 Å². The van der Waals surface area contributed by atoms with E-state index in [1.165, 1.54) is 0 Å². The van der Waals surface area contributed by atoms with E-state index in [0.29, 0.717) is 34.1 Å². The molecule has 6 nitrogen and oxygen atoms in total. The first-order valence-corrected chi connectivity index (χ1v) is 8.89. The molecule has 2 heterocycles. The fraction of sp³-hybridized carbons (Fsp3) is 0.136. The molecule has 28 heavy (non-hydrogen) atoms. The third-order valence-corrected chi connectivity index (χ3v) is 4.36. The largest absolute Gasteiger partial charge is 0.434 e. The van der Waals surface area contributed by atoms with Crippen LogP contribution < -0.4 is 10.1 Å². The number of benzene rings is 2. The van der Waals surface area contributed by atoms with Gasteiger partial charge >= 0.3 is 6.09 Å². The molecule has 0 fully saturated rings. The van der Waals surface area contributed by atoms with Gasteiger partial charge in [-0.05, 0) is 56.2 Å². The van der Waals surface area contributed by atoms with Crippen molar-refractivity contribution < 1.29 is 13.9 Å². The molecular weight excluding hydrogens is 354 g/mol. The fourth-order valence-corrected chi connectivity index (χ4v) is 3.22. The number of aryl methyl sites for hydroxylation is 3. The first kappa shape index (κ1) is 17.7. The number of carbonyl (C=O) groups is 1. The minimum Gasteiger partial charge on any atom is -0.434 e. The Balaban J connectivity index is 1.61. The summed E-state index contributed by atoms with van der Waals surface area (Å²) in [4.78, 5) is 21.1. The standard InChI is InChI=1S/C22H19N3O3/c1-13-11-14(2)19(15(3)12-13)28-22(26)24-17-8-5-4-7-16(17)21-25-20-18(27-21)9-6-10-23-20/h4-12H,1-3H3,(H,24,26). The molecule has 1 amide bonds. The minimum atomic E-state index is -0.572. The van der Waals surface area contributed by atoms with Crippen molar-refractivity contribution in [3.8, 4) is 17.2 Å². The third-order valence-electron chi connectivity index (χ3n) is 4.36. The molecule has 4 aromatic rings.